The van der Waals surface area contributed by atoms with Gasteiger partial charge in [0.2, 0.25) is 0 Å². The molecule has 1 amide bonds. The molecule has 0 saturated heterocycles. The number of carbonyl (C=O) groups excluding carboxylic acids is 1. The highest BCUT2D eigenvalue weighted by atomic mass is 16.5. The van der Waals surface area contributed by atoms with E-state index < -0.39 is 11.7 Å². The standard InChI is InChI=1S/C14H15NO4/c1-3-15-14(17)9(2)18-11-6-4-10-5-7-13(16)19-12(10)8-11/h4-9H,3H2,1-2H3,(H,15,17)/t9-/m1/s1. The van der Waals surface area contributed by atoms with E-state index in [1.807, 2.05) is 6.92 Å². The Hall–Kier alpha value is -2.30. The minimum Gasteiger partial charge on any atom is -0.481 e. The lowest BCUT2D eigenvalue weighted by molar-refractivity contribution is -0.127. The first-order valence-corrected chi connectivity index (χ1v) is 6.08. The van der Waals surface area contributed by atoms with Gasteiger partial charge in [-0.2, -0.15) is 0 Å². The maximum absolute atomic E-state index is 11.6. The molecule has 0 aliphatic carbocycles. The van der Waals surface area contributed by atoms with Crippen molar-refractivity contribution in [2.24, 2.45) is 0 Å². The van der Waals surface area contributed by atoms with Crippen molar-refractivity contribution in [2.75, 3.05) is 6.54 Å². The normalized spacial score (nSPS) is 12.1. The number of amides is 1. The summed E-state index contributed by atoms with van der Waals surface area (Å²) in [6.45, 7) is 4.06. The van der Waals surface area contributed by atoms with E-state index >= 15 is 0 Å². The number of benzene rings is 1. The van der Waals surface area contributed by atoms with Crippen molar-refractivity contribution in [3.05, 3.63) is 40.8 Å². The first-order valence-electron chi connectivity index (χ1n) is 6.08. The number of carbonyl (C=O) groups is 1. The van der Waals surface area contributed by atoms with Crippen LogP contribution in [0.2, 0.25) is 0 Å². The summed E-state index contributed by atoms with van der Waals surface area (Å²) in [5.41, 5.74) is 0.0227. The molecule has 1 heterocycles. The Kier molecular flexibility index (Phi) is 3.85. The fourth-order valence-electron chi connectivity index (χ4n) is 1.69. The number of fused-ring (bicyclic) bond motifs is 1. The van der Waals surface area contributed by atoms with Crippen LogP contribution in [0, 0.1) is 0 Å². The lowest BCUT2D eigenvalue weighted by Gasteiger charge is -2.14. The Morgan fingerprint density at radius 3 is 2.84 bits per heavy atom. The molecule has 2 rings (SSSR count). The van der Waals surface area contributed by atoms with Gasteiger partial charge in [-0.1, -0.05) is 0 Å². The summed E-state index contributed by atoms with van der Waals surface area (Å²) >= 11 is 0. The zero-order chi connectivity index (χ0) is 13.8. The molecule has 0 saturated carbocycles. The van der Waals surface area contributed by atoms with E-state index in [1.54, 1.807) is 31.2 Å². The SMILES string of the molecule is CCNC(=O)[C@@H](C)Oc1ccc2ccc(=O)oc2c1. The molecule has 0 bridgehead atoms. The molecule has 0 aliphatic rings. The van der Waals surface area contributed by atoms with Crippen LogP contribution in [0.15, 0.2) is 39.5 Å². The second-order valence-corrected chi connectivity index (χ2v) is 4.11. The molecule has 100 valence electrons. The molecule has 19 heavy (non-hydrogen) atoms. The van der Waals surface area contributed by atoms with Crippen LogP contribution in [0.3, 0.4) is 0 Å². The van der Waals surface area contributed by atoms with E-state index in [0.717, 1.165) is 5.39 Å². The summed E-state index contributed by atoms with van der Waals surface area (Å²) in [6.07, 6.45) is -0.604. The van der Waals surface area contributed by atoms with E-state index in [0.29, 0.717) is 17.9 Å². The molecular formula is C14H15NO4. The first-order chi connectivity index (χ1) is 9.10. The van der Waals surface area contributed by atoms with Crippen LogP contribution < -0.4 is 15.7 Å². The average Bonchev–Trinajstić information content (AvgIpc) is 2.38. The quantitative estimate of drug-likeness (QED) is 0.850. The Morgan fingerprint density at radius 1 is 1.37 bits per heavy atom. The number of hydrogen-bond acceptors (Lipinski definition) is 4. The smallest absolute Gasteiger partial charge is 0.336 e. The third-order valence-electron chi connectivity index (χ3n) is 2.63. The van der Waals surface area contributed by atoms with Gasteiger partial charge in [0, 0.05) is 24.1 Å². The van der Waals surface area contributed by atoms with Crippen molar-refractivity contribution < 1.29 is 13.9 Å². The summed E-state index contributed by atoms with van der Waals surface area (Å²) < 4.78 is 10.6. The monoisotopic (exact) mass is 261 g/mol. The first kappa shape index (κ1) is 13.1. The molecule has 5 nitrogen and oxygen atoms in total. The second-order valence-electron chi connectivity index (χ2n) is 4.11. The molecule has 1 aromatic carbocycles. The minimum atomic E-state index is -0.604. The van der Waals surface area contributed by atoms with E-state index in [-0.39, 0.29) is 5.91 Å². The molecule has 0 spiro atoms. The third kappa shape index (κ3) is 3.13. The number of rotatable bonds is 4. The summed E-state index contributed by atoms with van der Waals surface area (Å²) in [7, 11) is 0. The predicted octanol–water partition coefficient (Wildman–Crippen LogP) is 1.70. The molecule has 1 aromatic heterocycles. The van der Waals surface area contributed by atoms with Crippen LogP contribution in [0.5, 0.6) is 5.75 Å². The molecular weight excluding hydrogens is 246 g/mol. The van der Waals surface area contributed by atoms with Gasteiger partial charge in [-0.05, 0) is 32.0 Å². The van der Waals surface area contributed by atoms with Crippen molar-refractivity contribution >= 4 is 16.9 Å². The van der Waals surface area contributed by atoms with Crippen molar-refractivity contribution in [1.29, 1.82) is 0 Å². The fourth-order valence-corrected chi connectivity index (χ4v) is 1.69. The molecule has 0 unspecified atom stereocenters. The predicted molar refractivity (Wildman–Crippen MR) is 71.3 cm³/mol. The minimum absolute atomic E-state index is 0.183. The Morgan fingerprint density at radius 2 is 2.11 bits per heavy atom. The van der Waals surface area contributed by atoms with Gasteiger partial charge in [0.1, 0.15) is 11.3 Å². The van der Waals surface area contributed by atoms with Gasteiger partial charge in [-0.15, -0.1) is 0 Å². The summed E-state index contributed by atoms with van der Waals surface area (Å²) in [5.74, 6) is 0.303. The van der Waals surface area contributed by atoms with E-state index in [1.165, 1.54) is 6.07 Å². The van der Waals surface area contributed by atoms with Crippen molar-refractivity contribution in [2.45, 2.75) is 20.0 Å². The second kappa shape index (κ2) is 5.56. The third-order valence-corrected chi connectivity index (χ3v) is 2.63. The average molecular weight is 261 g/mol. The molecule has 1 atom stereocenters. The van der Waals surface area contributed by atoms with Gasteiger partial charge in [0.15, 0.2) is 6.10 Å². The molecule has 0 aliphatic heterocycles. The molecule has 0 radical (unpaired) electrons. The van der Waals surface area contributed by atoms with Gasteiger partial charge < -0.3 is 14.5 Å². The van der Waals surface area contributed by atoms with Crippen LogP contribution in [0.1, 0.15) is 13.8 Å². The maximum Gasteiger partial charge on any atom is 0.336 e. The molecule has 0 fully saturated rings. The Bertz CT molecular complexity index is 647. The maximum atomic E-state index is 11.6. The molecule has 2 aromatic rings. The number of hydrogen-bond donors (Lipinski definition) is 1. The number of nitrogens with one attached hydrogen (secondary N) is 1. The van der Waals surface area contributed by atoms with Crippen LogP contribution >= 0.6 is 0 Å². The highest BCUT2D eigenvalue weighted by molar-refractivity contribution is 5.81. The summed E-state index contributed by atoms with van der Waals surface area (Å²) in [6, 6.07) is 8.15. The van der Waals surface area contributed by atoms with Gasteiger partial charge in [-0.3, -0.25) is 4.79 Å². The van der Waals surface area contributed by atoms with Crippen LogP contribution in [0.25, 0.3) is 11.0 Å². The molecule has 1 N–H and O–H groups in total. The number of ether oxygens (including phenoxy) is 1. The zero-order valence-corrected chi connectivity index (χ0v) is 10.8. The van der Waals surface area contributed by atoms with Gasteiger partial charge in [-0.25, -0.2) is 4.79 Å². The van der Waals surface area contributed by atoms with Crippen molar-refractivity contribution in [3.8, 4) is 5.75 Å². The van der Waals surface area contributed by atoms with Crippen LogP contribution in [0.4, 0.5) is 0 Å². The Balaban J connectivity index is 2.21. The summed E-state index contributed by atoms with van der Waals surface area (Å²) in [4.78, 5) is 22.7. The van der Waals surface area contributed by atoms with Crippen molar-refractivity contribution in [3.63, 3.8) is 0 Å². The van der Waals surface area contributed by atoms with E-state index in [9.17, 15) is 9.59 Å². The van der Waals surface area contributed by atoms with Gasteiger partial charge >= 0.3 is 5.63 Å². The topological polar surface area (TPSA) is 68.5 Å². The van der Waals surface area contributed by atoms with E-state index in [2.05, 4.69) is 5.32 Å². The van der Waals surface area contributed by atoms with Crippen LogP contribution in [-0.4, -0.2) is 18.6 Å². The zero-order valence-electron chi connectivity index (χ0n) is 10.8. The lowest BCUT2D eigenvalue weighted by atomic mass is 10.2. The highest BCUT2D eigenvalue weighted by Gasteiger charge is 2.13. The Labute approximate surface area is 110 Å². The summed E-state index contributed by atoms with van der Waals surface area (Å²) in [5, 5.41) is 3.48. The van der Waals surface area contributed by atoms with Crippen molar-refractivity contribution in [1.82, 2.24) is 5.32 Å². The molecule has 5 heteroatoms. The van der Waals surface area contributed by atoms with Crippen LogP contribution in [-0.2, 0) is 4.79 Å². The number of likely N-dealkylation sites (N-methyl/N-ethyl adjacent to an activating group) is 1. The van der Waals surface area contributed by atoms with Gasteiger partial charge in [0.25, 0.3) is 5.91 Å². The van der Waals surface area contributed by atoms with E-state index in [4.69, 9.17) is 9.15 Å². The fraction of sp³-hybridized carbons (Fsp3) is 0.286. The highest BCUT2D eigenvalue weighted by Crippen LogP contribution is 2.20. The van der Waals surface area contributed by atoms with Gasteiger partial charge in [0.05, 0.1) is 0 Å². The largest absolute Gasteiger partial charge is 0.481 e. The lowest BCUT2D eigenvalue weighted by Crippen LogP contribution is -2.36.